The van der Waals surface area contributed by atoms with Gasteiger partial charge in [-0.1, -0.05) is 18.2 Å². The lowest BCUT2D eigenvalue weighted by atomic mass is 10.2. The topological polar surface area (TPSA) is 117 Å². The molecule has 2 aromatic heterocycles. The third kappa shape index (κ3) is 4.47. The van der Waals surface area contributed by atoms with Crippen LogP contribution in [0.2, 0.25) is 0 Å². The monoisotopic (exact) mass is 433 g/mol. The molecule has 2 saturated heterocycles. The molecule has 0 amide bonds. The van der Waals surface area contributed by atoms with E-state index in [1.54, 1.807) is 12.4 Å². The molecule has 1 atom stereocenters. The Bertz CT molecular complexity index is 1020. The fourth-order valence-electron chi connectivity index (χ4n) is 3.77. The molecule has 0 aliphatic carbocycles. The van der Waals surface area contributed by atoms with Crippen molar-refractivity contribution in [1.82, 2.24) is 25.3 Å². The summed E-state index contributed by atoms with van der Waals surface area (Å²) < 4.78 is 11.6. The summed E-state index contributed by atoms with van der Waals surface area (Å²) in [4.78, 5) is 22.3. The smallest absolute Gasteiger partial charge is 0.228 e. The van der Waals surface area contributed by atoms with Gasteiger partial charge in [0.25, 0.3) is 0 Å². The van der Waals surface area contributed by atoms with Crippen molar-refractivity contribution in [3.8, 4) is 11.3 Å². The van der Waals surface area contributed by atoms with E-state index in [0.29, 0.717) is 44.6 Å². The largest absolute Gasteiger partial charge is 0.378 e. The Kier molecular flexibility index (Phi) is 6.06. The Morgan fingerprint density at radius 1 is 1.00 bits per heavy atom. The van der Waals surface area contributed by atoms with E-state index >= 15 is 0 Å². The zero-order valence-corrected chi connectivity index (χ0v) is 17.7. The van der Waals surface area contributed by atoms with Crippen molar-refractivity contribution in [2.45, 2.75) is 6.23 Å². The molecular weight excluding hydrogens is 408 g/mol. The number of benzene rings is 1. The van der Waals surface area contributed by atoms with Gasteiger partial charge < -0.3 is 20.1 Å². The van der Waals surface area contributed by atoms with E-state index in [1.165, 1.54) is 0 Å². The molecule has 0 spiro atoms. The molecule has 10 heteroatoms. The molecule has 165 valence electrons. The SMILES string of the molecule is Nc1ncc(-c2cc(N(c3ccccc3)C3C[N]CCO3)nc(N3CCOCC3)n2)cn1. The molecule has 0 bridgehead atoms. The van der Waals surface area contributed by atoms with Gasteiger partial charge in [0.15, 0.2) is 0 Å². The maximum absolute atomic E-state index is 6.09. The zero-order chi connectivity index (χ0) is 21.8. The minimum absolute atomic E-state index is 0.222. The highest BCUT2D eigenvalue weighted by molar-refractivity contribution is 5.69. The Labute approximate surface area is 186 Å². The van der Waals surface area contributed by atoms with E-state index in [2.05, 4.69) is 25.1 Å². The van der Waals surface area contributed by atoms with Gasteiger partial charge in [-0.25, -0.2) is 20.3 Å². The van der Waals surface area contributed by atoms with Gasteiger partial charge in [-0.2, -0.15) is 4.98 Å². The normalized spacial score (nSPS) is 19.0. The van der Waals surface area contributed by atoms with Crippen LogP contribution in [0.3, 0.4) is 0 Å². The van der Waals surface area contributed by atoms with Gasteiger partial charge >= 0.3 is 0 Å². The molecule has 32 heavy (non-hydrogen) atoms. The van der Waals surface area contributed by atoms with Crippen LogP contribution in [0.5, 0.6) is 0 Å². The first-order chi connectivity index (χ1) is 15.8. The molecular formula is C22H25N8O2. The molecule has 2 fully saturated rings. The summed E-state index contributed by atoms with van der Waals surface area (Å²) in [5, 5.41) is 4.56. The number of nitrogens with two attached hydrogens (primary N) is 1. The molecule has 1 unspecified atom stereocenters. The Morgan fingerprint density at radius 3 is 2.50 bits per heavy atom. The van der Waals surface area contributed by atoms with Gasteiger partial charge in [-0.15, -0.1) is 0 Å². The molecule has 10 nitrogen and oxygen atoms in total. The van der Waals surface area contributed by atoms with E-state index in [9.17, 15) is 0 Å². The van der Waals surface area contributed by atoms with Crippen LogP contribution >= 0.6 is 0 Å². The average Bonchev–Trinajstić information content (AvgIpc) is 2.86. The van der Waals surface area contributed by atoms with Crippen LogP contribution in [0.25, 0.3) is 11.3 Å². The minimum Gasteiger partial charge on any atom is -0.378 e. The van der Waals surface area contributed by atoms with E-state index in [-0.39, 0.29) is 12.2 Å². The minimum atomic E-state index is -0.255. The van der Waals surface area contributed by atoms with E-state index in [4.69, 9.17) is 25.2 Å². The van der Waals surface area contributed by atoms with Crippen molar-refractivity contribution in [3.63, 3.8) is 0 Å². The van der Waals surface area contributed by atoms with Crippen LogP contribution in [0, 0.1) is 0 Å². The predicted molar refractivity (Wildman–Crippen MR) is 121 cm³/mol. The fraction of sp³-hybridized carbons (Fsp3) is 0.364. The quantitative estimate of drug-likeness (QED) is 0.638. The summed E-state index contributed by atoms with van der Waals surface area (Å²) in [6.07, 6.45) is 3.10. The standard InChI is InChI=1S/C22H25N8O2/c23-21-25-13-16(14-26-21)18-12-19(28-22(27-18)29-7-10-31-11-8-29)30(17-4-2-1-3-5-17)20-15-24-6-9-32-20/h1-5,12-14,20H,6-11,15H2,(H2,23,25,26). The highest BCUT2D eigenvalue weighted by Gasteiger charge is 2.27. The number of nitrogen functional groups attached to an aromatic ring is 1. The number of rotatable bonds is 5. The van der Waals surface area contributed by atoms with Crippen LogP contribution in [-0.2, 0) is 9.47 Å². The van der Waals surface area contributed by atoms with Crippen LogP contribution < -0.4 is 20.9 Å². The lowest BCUT2D eigenvalue weighted by molar-refractivity contribution is 0.0312. The summed E-state index contributed by atoms with van der Waals surface area (Å²) in [6.45, 7) is 4.57. The third-order valence-corrected chi connectivity index (χ3v) is 5.38. The number of aromatic nitrogens is 4. The number of morpholine rings is 2. The van der Waals surface area contributed by atoms with Gasteiger partial charge in [0.1, 0.15) is 12.0 Å². The number of ether oxygens (including phenoxy) is 2. The van der Waals surface area contributed by atoms with Crippen molar-refractivity contribution in [2.75, 3.05) is 61.5 Å². The highest BCUT2D eigenvalue weighted by atomic mass is 16.5. The first-order valence-electron chi connectivity index (χ1n) is 10.7. The van der Waals surface area contributed by atoms with Crippen LogP contribution in [-0.4, -0.2) is 72.2 Å². The predicted octanol–water partition coefficient (Wildman–Crippen LogP) is 1.45. The van der Waals surface area contributed by atoms with Crippen molar-refractivity contribution < 1.29 is 9.47 Å². The van der Waals surface area contributed by atoms with Gasteiger partial charge in [0, 0.05) is 49.3 Å². The lowest BCUT2D eigenvalue weighted by Gasteiger charge is -2.35. The van der Waals surface area contributed by atoms with E-state index in [0.717, 1.165) is 30.2 Å². The van der Waals surface area contributed by atoms with Crippen LogP contribution in [0.1, 0.15) is 0 Å². The summed E-state index contributed by atoms with van der Waals surface area (Å²) >= 11 is 0. The summed E-state index contributed by atoms with van der Waals surface area (Å²) in [5.41, 5.74) is 8.14. The van der Waals surface area contributed by atoms with Crippen molar-refractivity contribution in [2.24, 2.45) is 0 Å². The first kappa shape index (κ1) is 20.6. The molecule has 2 N–H and O–H groups in total. The Morgan fingerprint density at radius 2 is 1.78 bits per heavy atom. The molecule has 3 aromatic rings. The number of hydrogen-bond acceptors (Lipinski definition) is 9. The molecule has 2 aliphatic rings. The second kappa shape index (κ2) is 9.43. The van der Waals surface area contributed by atoms with Gasteiger partial charge in [0.2, 0.25) is 11.9 Å². The summed E-state index contributed by atoms with van der Waals surface area (Å²) in [7, 11) is 0. The zero-order valence-electron chi connectivity index (χ0n) is 17.7. The van der Waals surface area contributed by atoms with Crippen molar-refractivity contribution >= 4 is 23.4 Å². The van der Waals surface area contributed by atoms with Crippen LogP contribution in [0.15, 0.2) is 48.8 Å². The van der Waals surface area contributed by atoms with E-state index in [1.807, 2.05) is 36.4 Å². The summed E-state index contributed by atoms with van der Waals surface area (Å²) in [5.74, 6) is 1.58. The second-order valence-corrected chi connectivity index (χ2v) is 7.50. The fourth-order valence-corrected chi connectivity index (χ4v) is 3.77. The van der Waals surface area contributed by atoms with Gasteiger partial charge in [-0.05, 0) is 12.1 Å². The summed E-state index contributed by atoms with van der Waals surface area (Å²) in [6, 6.07) is 12.0. The Hall–Kier alpha value is -3.34. The number of hydrogen-bond donors (Lipinski definition) is 1. The van der Waals surface area contributed by atoms with Crippen molar-refractivity contribution in [3.05, 3.63) is 48.8 Å². The molecule has 5 rings (SSSR count). The third-order valence-electron chi connectivity index (χ3n) is 5.38. The Balaban J connectivity index is 1.62. The maximum Gasteiger partial charge on any atom is 0.228 e. The first-order valence-corrected chi connectivity index (χ1v) is 10.7. The number of nitrogens with zero attached hydrogens (tertiary/aromatic N) is 7. The number of anilines is 4. The van der Waals surface area contributed by atoms with Crippen molar-refractivity contribution in [1.29, 1.82) is 0 Å². The molecule has 1 aromatic carbocycles. The van der Waals surface area contributed by atoms with Gasteiger partial charge in [0.05, 0.1) is 32.1 Å². The maximum atomic E-state index is 6.09. The molecule has 2 aliphatic heterocycles. The highest BCUT2D eigenvalue weighted by Crippen LogP contribution is 2.32. The van der Waals surface area contributed by atoms with Crippen LogP contribution in [0.4, 0.5) is 23.4 Å². The average molecular weight is 433 g/mol. The molecule has 0 saturated carbocycles. The molecule has 1 radical (unpaired) electrons. The second-order valence-electron chi connectivity index (χ2n) is 7.50. The number of para-hydroxylation sites is 1. The molecule has 4 heterocycles. The lowest BCUT2D eigenvalue weighted by Crippen LogP contribution is -2.45. The van der Waals surface area contributed by atoms with Gasteiger partial charge in [-0.3, -0.25) is 4.90 Å². The van der Waals surface area contributed by atoms with E-state index < -0.39 is 0 Å².